The number of nitro groups is 1. The van der Waals surface area contributed by atoms with Crippen molar-refractivity contribution in [2.45, 2.75) is 20.5 Å². The minimum absolute atomic E-state index is 0.0307. The number of hydrogen-bond acceptors (Lipinski definition) is 7. The summed E-state index contributed by atoms with van der Waals surface area (Å²) in [6.45, 7) is 3.59. The van der Waals surface area contributed by atoms with E-state index in [0.717, 1.165) is 22.9 Å². The Kier molecular flexibility index (Phi) is 8.52. The van der Waals surface area contributed by atoms with Crippen molar-refractivity contribution in [1.82, 2.24) is 5.32 Å². The van der Waals surface area contributed by atoms with Crippen LogP contribution < -0.4 is 14.8 Å². The summed E-state index contributed by atoms with van der Waals surface area (Å²) in [6.07, 6.45) is 1.64. The van der Waals surface area contributed by atoms with Gasteiger partial charge in [-0.3, -0.25) is 14.9 Å². The van der Waals surface area contributed by atoms with E-state index in [4.69, 9.17) is 44.3 Å². The molecule has 0 saturated carbocycles. The van der Waals surface area contributed by atoms with Gasteiger partial charge in [-0.2, -0.15) is 0 Å². The molecule has 38 heavy (non-hydrogen) atoms. The van der Waals surface area contributed by atoms with Gasteiger partial charge in [0.2, 0.25) is 0 Å². The molecule has 8 nitrogen and oxygen atoms in total. The van der Waals surface area contributed by atoms with Crippen LogP contribution in [0.1, 0.15) is 22.3 Å². The quantitative estimate of drug-likeness (QED) is 0.172. The number of rotatable bonds is 7. The summed E-state index contributed by atoms with van der Waals surface area (Å²) in [6, 6.07) is 11.5. The summed E-state index contributed by atoms with van der Waals surface area (Å²) in [5.41, 5.74) is 2.96. The zero-order valence-electron chi connectivity index (χ0n) is 20.3. The highest BCUT2D eigenvalue weighted by atomic mass is 35.5. The largest absolute Gasteiger partial charge is 0.493 e. The van der Waals surface area contributed by atoms with E-state index in [1.54, 1.807) is 56.3 Å². The molecule has 196 valence electrons. The van der Waals surface area contributed by atoms with Crippen molar-refractivity contribution >= 4 is 75.1 Å². The molecule has 1 N–H and O–H groups in total. The highest BCUT2D eigenvalue weighted by Gasteiger charge is 2.25. The summed E-state index contributed by atoms with van der Waals surface area (Å²) in [5, 5.41) is 15.6. The first-order valence-corrected chi connectivity index (χ1v) is 13.0. The molecule has 0 radical (unpaired) electrons. The lowest BCUT2D eigenvalue weighted by atomic mass is 10.1. The summed E-state index contributed by atoms with van der Waals surface area (Å²) >= 11 is 19.8. The lowest BCUT2D eigenvalue weighted by Crippen LogP contribution is -2.19. The number of nitro benzene ring substituents is 1. The number of methoxy groups -OCH3 is 1. The predicted molar refractivity (Wildman–Crippen MR) is 152 cm³/mol. The van der Waals surface area contributed by atoms with Crippen LogP contribution in [-0.4, -0.2) is 23.1 Å². The van der Waals surface area contributed by atoms with Crippen LogP contribution in [0.25, 0.3) is 6.08 Å². The van der Waals surface area contributed by atoms with Crippen LogP contribution in [0, 0.1) is 24.0 Å². The molecular formula is C26H20Cl3N3O5S. The first kappa shape index (κ1) is 27.8. The number of amides is 1. The van der Waals surface area contributed by atoms with E-state index in [1.165, 1.54) is 13.2 Å². The maximum Gasteiger partial charge on any atom is 0.274 e. The smallest absolute Gasteiger partial charge is 0.274 e. The Morgan fingerprint density at radius 3 is 2.55 bits per heavy atom. The number of hydrogen-bond donors (Lipinski definition) is 1. The third-order valence-electron chi connectivity index (χ3n) is 5.64. The number of ether oxygens (including phenoxy) is 2. The van der Waals surface area contributed by atoms with Crippen LogP contribution in [0.3, 0.4) is 0 Å². The highest BCUT2D eigenvalue weighted by molar-refractivity contribution is 8.18. The van der Waals surface area contributed by atoms with Gasteiger partial charge in [0.25, 0.3) is 11.6 Å². The number of aryl methyl sites for hydroxylation is 1. The number of benzene rings is 3. The maximum atomic E-state index is 12.6. The molecular weight excluding hydrogens is 573 g/mol. The molecule has 1 heterocycles. The second-order valence-corrected chi connectivity index (χ2v) is 10.5. The molecule has 1 fully saturated rings. The Bertz CT molecular complexity index is 1520. The standard InChI is InChI=1S/C26H20Cl3N3O5S/c1-13-6-18(11-21(14(13)2)32(34)35)30-26-31-25(33)23(38-26)9-15-7-20(29)24(22(8-15)36-3)37-12-16-4-5-17(27)10-19(16)28/h4-11H,12H2,1-3H3,(H,30,31,33)/b23-9-. The van der Waals surface area contributed by atoms with Gasteiger partial charge >= 0.3 is 0 Å². The summed E-state index contributed by atoms with van der Waals surface area (Å²) < 4.78 is 11.4. The summed E-state index contributed by atoms with van der Waals surface area (Å²) in [5.74, 6) is 0.332. The third-order valence-corrected chi connectivity index (χ3v) is 7.42. The average molecular weight is 593 g/mol. The Morgan fingerprint density at radius 1 is 1.11 bits per heavy atom. The van der Waals surface area contributed by atoms with E-state index in [1.807, 2.05) is 0 Å². The fourth-order valence-electron chi connectivity index (χ4n) is 3.58. The minimum Gasteiger partial charge on any atom is -0.493 e. The first-order valence-electron chi connectivity index (χ1n) is 11.0. The van der Waals surface area contributed by atoms with Crippen molar-refractivity contribution < 1.29 is 19.2 Å². The molecule has 1 saturated heterocycles. The molecule has 0 atom stereocenters. The molecule has 0 spiro atoms. The number of aliphatic imine (C=N–C) groups is 1. The zero-order valence-corrected chi connectivity index (χ0v) is 23.4. The van der Waals surface area contributed by atoms with Crippen LogP contribution in [-0.2, 0) is 11.4 Å². The van der Waals surface area contributed by atoms with Crippen molar-refractivity contribution in [3.05, 3.63) is 94.8 Å². The van der Waals surface area contributed by atoms with Crippen molar-refractivity contribution in [3.8, 4) is 11.5 Å². The van der Waals surface area contributed by atoms with Crippen LogP contribution in [0.5, 0.6) is 11.5 Å². The van der Waals surface area contributed by atoms with E-state index < -0.39 is 4.92 Å². The average Bonchev–Trinajstić information content (AvgIpc) is 3.19. The van der Waals surface area contributed by atoms with E-state index >= 15 is 0 Å². The minimum atomic E-state index is -0.452. The van der Waals surface area contributed by atoms with E-state index in [9.17, 15) is 14.9 Å². The Labute approximate surface area is 237 Å². The van der Waals surface area contributed by atoms with Gasteiger partial charge in [-0.15, -0.1) is 0 Å². The van der Waals surface area contributed by atoms with Gasteiger partial charge in [-0.05, 0) is 73.1 Å². The fraction of sp³-hybridized carbons (Fsp3) is 0.154. The first-order chi connectivity index (χ1) is 18.0. The number of amidine groups is 1. The van der Waals surface area contributed by atoms with Crippen LogP contribution in [0.4, 0.5) is 11.4 Å². The normalized spacial score (nSPS) is 15.2. The Balaban J connectivity index is 1.56. The third kappa shape index (κ3) is 6.24. The van der Waals surface area contributed by atoms with E-state index in [0.29, 0.717) is 48.4 Å². The summed E-state index contributed by atoms with van der Waals surface area (Å²) in [7, 11) is 1.48. The number of carbonyl (C=O) groups excluding carboxylic acids is 1. The van der Waals surface area contributed by atoms with E-state index in [-0.39, 0.29) is 23.2 Å². The maximum absolute atomic E-state index is 12.6. The predicted octanol–water partition coefficient (Wildman–Crippen LogP) is 7.65. The molecule has 4 rings (SSSR count). The molecule has 3 aromatic carbocycles. The zero-order chi connectivity index (χ0) is 27.6. The van der Waals surface area contributed by atoms with Crippen molar-refractivity contribution in [2.24, 2.45) is 4.99 Å². The van der Waals surface area contributed by atoms with Crippen LogP contribution in [0.15, 0.2) is 52.4 Å². The molecule has 0 bridgehead atoms. The van der Waals surface area contributed by atoms with Gasteiger partial charge in [0, 0.05) is 27.2 Å². The number of carbonyl (C=O) groups is 1. The van der Waals surface area contributed by atoms with Gasteiger partial charge < -0.3 is 14.8 Å². The topological polar surface area (TPSA) is 103 Å². The Morgan fingerprint density at radius 2 is 1.87 bits per heavy atom. The molecule has 1 amide bonds. The second-order valence-electron chi connectivity index (χ2n) is 8.20. The van der Waals surface area contributed by atoms with Crippen LogP contribution in [0.2, 0.25) is 15.1 Å². The highest BCUT2D eigenvalue weighted by Crippen LogP contribution is 2.39. The van der Waals surface area contributed by atoms with Gasteiger partial charge in [0.05, 0.1) is 27.6 Å². The van der Waals surface area contributed by atoms with Gasteiger partial charge in [-0.1, -0.05) is 40.9 Å². The van der Waals surface area contributed by atoms with Crippen molar-refractivity contribution in [3.63, 3.8) is 0 Å². The molecule has 3 aromatic rings. The lowest BCUT2D eigenvalue weighted by Gasteiger charge is -2.14. The van der Waals surface area contributed by atoms with Crippen molar-refractivity contribution in [2.75, 3.05) is 7.11 Å². The molecule has 1 aliphatic heterocycles. The lowest BCUT2D eigenvalue weighted by molar-refractivity contribution is -0.385. The number of thioether (sulfide) groups is 1. The SMILES string of the molecule is COc1cc(/C=C2\SC(=Nc3cc(C)c(C)c([N+](=O)[O-])c3)NC2=O)cc(Cl)c1OCc1ccc(Cl)cc1Cl. The number of nitrogens with zero attached hydrogens (tertiary/aromatic N) is 2. The van der Waals surface area contributed by atoms with Gasteiger partial charge in [-0.25, -0.2) is 4.99 Å². The molecule has 0 aliphatic carbocycles. The molecule has 12 heteroatoms. The molecule has 1 aliphatic rings. The summed E-state index contributed by atoms with van der Waals surface area (Å²) in [4.78, 5) is 28.2. The Hall–Kier alpha value is -3.24. The molecule has 0 aromatic heterocycles. The number of nitrogens with one attached hydrogen (secondary N) is 1. The van der Waals surface area contributed by atoms with Crippen LogP contribution >= 0.6 is 46.6 Å². The fourth-order valence-corrected chi connectivity index (χ4v) is 5.16. The van der Waals surface area contributed by atoms with Gasteiger partial charge in [0.1, 0.15) is 6.61 Å². The van der Waals surface area contributed by atoms with Gasteiger partial charge in [0.15, 0.2) is 16.7 Å². The monoisotopic (exact) mass is 591 g/mol. The molecule has 0 unspecified atom stereocenters. The second kappa shape index (κ2) is 11.7. The van der Waals surface area contributed by atoms with Crippen molar-refractivity contribution in [1.29, 1.82) is 0 Å². The van der Waals surface area contributed by atoms with E-state index in [2.05, 4.69) is 10.3 Å². The number of halogens is 3.